The Kier molecular flexibility index (Phi) is 3.51. The fraction of sp³-hybridized carbons (Fsp3) is 0.562. The molecule has 0 unspecified atom stereocenters. The Morgan fingerprint density at radius 3 is 2.19 bits per heavy atom. The van der Waals surface area contributed by atoms with Crippen LogP contribution in [0.1, 0.15) is 26.3 Å². The van der Waals surface area contributed by atoms with E-state index in [1.165, 1.54) is 0 Å². The van der Waals surface area contributed by atoms with Gasteiger partial charge in [-0.2, -0.15) is 4.99 Å². The number of aliphatic imine (C=N–C) groups is 1. The molecule has 0 radical (unpaired) electrons. The molecule has 3 heterocycles. The largest absolute Gasteiger partial charge is 0.323 e. The molecular weight excluding hydrogens is 286 g/mol. The summed E-state index contributed by atoms with van der Waals surface area (Å²) in [7, 11) is 0. The van der Waals surface area contributed by atoms with Crippen LogP contribution < -0.4 is 0 Å². The number of hydrogen-bond donors (Lipinski definition) is 0. The number of nitrogens with zero attached hydrogens (tertiary/aromatic N) is 1. The van der Waals surface area contributed by atoms with Gasteiger partial charge in [-0.25, -0.2) is 0 Å². The van der Waals surface area contributed by atoms with Crippen molar-refractivity contribution in [1.29, 1.82) is 0 Å². The molecule has 5 heteroatoms. The van der Waals surface area contributed by atoms with Crippen LogP contribution in [-0.2, 0) is 20.2 Å². The topological polar surface area (TPSA) is 40.0 Å². The smallest absolute Gasteiger partial charge is 0.314 e. The highest BCUT2D eigenvalue weighted by atomic mass is 32.1. The molecule has 0 spiro atoms. The van der Waals surface area contributed by atoms with Crippen molar-refractivity contribution in [3.05, 3.63) is 29.8 Å². The van der Waals surface area contributed by atoms with Gasteiger partial charge < -0.3 is 14.2 Å². The minimum atomic E-state index is -1.17. The zero-order chi connectivity index (χ0) is 15.1. The highest BCUT2D eigenvalue weighted by molar-refractivity contribution is 7.78. The maximum absolute atomic E-state index is 6.00. The van der Waals surface area contributed by atoms with Gasteiger partial charge in [-0.1, -0.05) is 32.9 Å². The van der Waals surface area contributed by atoms with E-state index in [0.29, 0.717) is 25.5 Å². The molecular formula is C16H19NO3S. The van der Waals surface area contributed by atoms with Crippen LogP contribution in [0.15, 0.2) is 29.3 Å². The summed E-state index contributed by atoms with van der Waals surface area (Å²) in [5, 5.41) is 2.39. The number of benzene rings is 1. The van der Waals surface area contributed by atoms with Crippen molar-refractivity contribution in [2.75, 3.05) is 19.8 Å². The fourth-order valence-electron chi connectivity index (χ4n) is 2.71. The fourth-order valence-corrected chi connectivity index (χ4v) is 2.81. The van der Waals surface area contributed by atoms with E-state index in [9.17, 15) is 0 Å². The number of hydrogen-bond acceptors (Lipinski definition) is 5. The van der Waals surface area contributed by atoms with E-state index in [4.69, 9.17) is 26.4 Å². The SMILES string of the molecule is CC(C)(C)C12COC(c3ccccc3N=C=S)(OC1)OC2. The third-order valence-corrected chi connectivity index (χ3v) is 4.70. The second kappa shape index (κ2) is 4.97. The summed E-state index contributed by atoms with van der Waals surface area (Å²) in [6.07, 6.45) is 0. The van der Waals surface area contributed by atoms with Crippen molar-refractivity contribution < 1.29 is 14.2 Å². The van der Waals surface area contributed by atoms with Crippen molar-refractivity contribution >= 4 is 23.1 Å². The van der Waals surface area contributed by atoms with E-state index in [2.05, 4.69) is 30.9 Å². The first-order chi connectivity index (χ1) is 9.93. The number of fused-ring (bicyclic) bond motifs is 3. The molecule has 1 aromatic rings. The highest BCUT2D eigenvalue weighted by Gasteiger charge is 2.58. The molecule has 0 atom stereocenters. The third kappa shape index (κ3) is 2.26. The van der Waals surface area contributed by atoms with Crippen LogP contribution in [-0.4, -0.2) is 25.0 Å². The van der Waals surface area contributed by atoms with Gasteiger partial charge in [0.2, 0.25) is 0 Å². The van der Waals surface area contributed by atoms with Gasteiger partial charge in [0.25, 0.3) is 0 Å². The Morgan fingerprint density at radius 2 is 1.67 bits per heavy atom. The molecule has 3 aliphatic heterocycles. The zero-order valence-electron chi connectivity index (χ0n) is 12.5. The Morgan fingerprint density at radius 1 is 1.10 bits per heavy atom. The second-order valence-electron chi connectivity index (χ2n) is 6.67. The van der Waals surface area contributed by atoms with Crippen LogP contribution >= 0.6 is 12.2 Å². The lowest BCUT2D eigenvalue weighted by molar-refractivity contribution is -0.489. The maximum atomic E-state index is 6.00. The zero-order valence-corrected chi connectivity index (χ0v) is 13.3. The predicted molar refractivity (Wildman–Crippen MR) is 82.6 cm³/mol. The van der Waals surface area contributed by atoms with Gasteiger partial charge >= 0.3 is 5.97 Å². The van der Waals surface area contributed by atoms with Gasteiger partial charge in [-0.05, 0) is 29.8 Å². The van der Waals surface area contributed by atoms with Crippen LogP contribution in [0.2, 0.25) is 0 Å². The summed E-state index contributed by atoms with van der Waals surface area (Å²) >= 11 is 4.70. The molecule has 21 heavy (non-hydrogen) atoms. The van der Waals surface area contributed by atoms with Crippen LogP contribution in [0.3, 0.4) is 0 Å². The lowest BCUT2D eigenvalue weighted by Crippen LogP contribution is -2.62. The monoisotopic (exact) mass is 305 g/mol. The first-order valence-corrected chi connectivity index (χ1v) is 7.43. The normalized spacial score (nSPS) is 31.8. The van der Waals surface area contributed by atoms with Crippen LogP contribution in [0.4, 0.5) is 5.69 Å². The molecule has 4 nitrogen and oxygen atoms in total. The highest BCUT2D eigenvalue weighted by Crippen LogP contribution is 2.53. The molecule has 2 bridgehead atoms. The van der Waals surface area contributed by atoms with Crippen molar-refractivity contribution in [2.45, 2.75) is 26.7 Å². The number of rotatable bonds is 2. The number of isothiocyanates is 1. The number of thiocarbonyl (C=S) groups is 1. The van der Waals surface area contributed by atoms with E-state index in [1.807, 2.05) is 24.3 Å². The van der Waals surface area contributed by atoms with Crippen LogP contribution in [0.5, 0.6) is 0 Å². The van der Waals surface area contributed by atoms with E-state index in [1.54, 1.807) is 0 Å². The second-order valence-corrected chi connectivity index (χ2v) is 6.86. The van der Waals surface area contributed by atoms with E-state index >= 15 is 0 Å². The van der Waals surface area contributed by atoms with Gasteiger partial charge in [-0.15, -0.1) is 0 Å². The Hall–Kier alpha value is -1.10. The standard InChI is InChI=1S/C16H19NO3S/c1-14(2,3)15-8-18-16(19-9-15,20-10-15)12-6-4-5-7-13(12)17-11-21/h4-7H,8-10H2,1-3H3. The summed E-state index contributed by atoms with van der Waals surface area (Å²) in [4.78, 5) is 4.08. The molecule has 3 aliphatic rings. The average molecular weight is 305 g/mol. The molecule has 0 aliphatic carbocycles. The van der Waals surface area contributed by atoms with Gasteiger partial charge in [0.1, 0.15) is 0 Å². The number of para-hydroxylation sites is 1. The van der Waals surface area contributed by atoms with Crippen molar-refractivity contribution in [3.8, 4) is 0 Å². The Bertz CT molecular complexity index is 577. The van der Waals surface area contributed by atoms with Crippen LogP contribution in [0, 0.1) is 10.8 Å². The minimum Gasteiger partial charge on any atom is -0.323 e. The summed E-state index contributed by atoms with van der Waals surface area (Å²) in [6.45, 7) is 8.37. The molecule has 3 saturated heterocycles. The van der Waals surface area contributed by atoms with Gasteiger partial charge in [0, 0.05) is 5.41 Å². The van der Waals surface area contributed by atoms with Crippen molar-refractivity contribution in [3.63, 3.8) is 0 Å². The van der Waals surface area contributed by atoms with Gasteiger partial charge in [0.05, 0.1) is 36.2 Å². The molecule has 0 N–H and O–H groups in total. The lowest BCUT2D eigenvalue weighted by atomic mass is 9.67. The van der Waals surface area contributed by atoms with Gasteiger partial charge in [0.15, 0.2) is 0 Å². The summed E-state index contributed by atoms with van der Waals surface area (Å²) in [6, 6.07) is 7.53. The van der Waals surface area contributed by atoms with Gasteiger partial charge in [-0.3, -0.25) is 0 Å². The predicted octanol–water partition coefficient (Wildman–Crippen LogP) is 3.64. The van der Waals surface area contributed by atoms with E-state index in [0.717, 1.165) is 5.56 Å². The van der Waals surface area contributed by atoms with E-state index < -0.39 is 5.97 Å². The molecule has 0 aromatic heterocycles. The maximum Gasteiger partial charge on any atom is 0.314 e. The molecule has 112 valence electrons. The van der Waals surface area contributed by atoms with Crippen molar-refractivity contribution in [2.24, 2.45) is 15.8 Å². The summed E-state index contributed by atoms with van der Waals surface area (Å²) < 4.78 is 18.0. The summed E-state index contributed by atoms with van der Waals surface area (Å²) in [5.41, 5.74) is 1.34. The molecule has 0 amide bonds. The molecule has 0 saturated carbocycles. The first kappa shape index (κ1) is 14.8. The minimum absolute atomic E-state index is 0.0473. The van der Waals surface area contributed by atoms with Crippen LogP contribution in [0.25, 0.3) is 0 Å². The number of ether oxygens (including phenoxy) is 3. The Balaban J connectivity index is 1.96. The quantitative estimate of drug-likeness (QED) is 0.618. The third-order valence-electron chi connectivity index (χ3n) is 4.61. The molecule has 3 fully saturated rings. The first-order valence-electron chi connectivity index (χ1n) is 7.02. The van der Waals surface area contributed by atoms with E-state index in [-0.39, 0.29) is 10.8 Å². The van der Waals surface area contributed by atoms with Crippen molar-refractivity contribution in [1.82, 2.24) is 0 Å². The lowest BCUT2D eigenvalue weighted by Gasteiger charge is -2.56. The Labute approximate surface area is 130 Å². The molecule has 4 rings (SSSR count). The molecule has 1 aromatic carbocycles. The summed E-state index contributed by atoms with van der Waals surface area (Å²) in [5.74, 6) is -1.17. The average Bonchev–Trinajstić information content (AvgIpc) is 2.49.